The van der Waals surface area contributed by atoms with Crippen LogP contribution < -0.4 is 0 Å². The molecule has 1 aromatic heterocycles. The van der Waals surface area contributed by atoms with Gasteiger partial charge < -0.3 is 9.32 Å². The molecule has 3 rings (SSSR count). The Kier molecular flexibility index (Phi) is 3.54. The lowest BCUT2D eigenvalue weighted by Gasteiger charge is -2.16. The molecule has 0 radical (unpaired) electrons. The quantitative estimate of drug-likeness (QED) is 0.861. The van der Waals surface area contributed by atoms with E-state index in [4.69, 9.17) is 4.42 Å². The summed E-state index contributed by atoms with van der Waals surface area (Å²) in [5, 5.41) is 0. The van der Waals surface area contributed by atoms with Crippen molar-refractivity contribution in [2.45, 2.75) is 18.8 Å². The standard InChI is InChI=1S/C16H16FNO2/c17-14-5-2-1-4-12(14)10-16(19)18-8-7-13(11-18)15-6-3-9-20-15/h1-6,9,13H,7-8,10-11H2. The molecule has 1 atom stereocenters. The second-order valence-corrected chi connectivity index (χ2v) is 5.11. The molecule has 1 unspecified atom stereocenters. The van der Waals surface area contributed by atoms with Crippen LogP contribution in [0.15, 0.2) is 47.1 Å². The summed E-state index contributed by atoms with van der Waals surface area (Å²) in [6, 6.07) is 10.2. The zero-order valence-corrected chi connectivity index (χ0v) is 11.1. The van der Waals surface area contributed by atoms with E-state index >= 15 is 0 Å². The van der Waals surface area contributed by atoms with Crippen LogP contribution in [0.5, 0.6) is 0 Å². The number of nitrogens with zero attached hydrogens (tertiary/aromatic N) is 1. The average molecular weight is 273 g/mol. The van der Waals surface area contributed by atoms with Crippen molar-refractivity contribution in [1.29, 1.82) is 0 Å². The lowest BCUT2D eigenvalue weighted by Crippen LogP contribution is -2.30. The number of hydrogen-bond donors (Lipinski definition) is 0. The minimum absolute atomic E-state index is 0.0239. The number of hydrogen-bond acceptors (Lipinski definition) is 2. The first kappa shape index (κ1) is 12.9. The van der Waals surface area contributed by atoms with Crippen molar-refractivity contribution >= 4 is 5.91 Å². The summed E-state index contributed by atoms with van der Waals surface area (Å²) >= 11 is 0. The number of halogens is 1. The van der Waals surface area contributed by atoms with E-state index in [2.05, 4.69) is 0 Å². The van der Waals surface area contributed by atoms with Crippen LogP contribution in [-0.4, -0.2) is 23.9 Å². The zero-order chi connectivity index (χ0) is 13.9. The predicted molar refractivity (Wildman–Crippen MR) is 72.8 cm³/mol. The molecule has 0 aliphatic carbocycles. The van der Waals surface area contributed by atoms with Crippen LogP contribution >= 0.6 is 0 Å². The van der Waals surface area contributed by atoms with Crippen LogP contribution in [0.3, 0.4) is 0 Å². The molecule has 1 aliphatic rings. The van der Waals surface area contributed by atoms with Gasteiger partial charge >= 0.3 is 0 Å². The Morgan fingerprint density at radius 2 is 2.15 bits per heavy atom. The average Bonchev–Trinajstić information content (AvgIpc) is 3.11. The maximum Gasteiger partial charge on any atom is 0.227 e. The fourth-order valence-electron chi connectivity index (χ4n) is 2.66. The predicted octanol–water partition coefficient (Wildman–Crippen LogP) is 2.98. The third kappa shape index (κ3) is 2.59. The second kappa shape index (κ2) is 5.49. The molecule has 20 heavy (non-hydrogen) atoms. The van der Waals surface area contributed by atoms with Crippen molar-refractivity contribution in [3.63, 3.8) is 0 Å². The molecule has 2 aromatic rings. The molecule has 3 nitrogen and oxygen atoms in total. The fraction of sp³-hybridized carbons (Fsp3) is 0.312. The van der Waals surface area contributed by atoms with E-state index < -0.39 is 0 Å². The summed E-state index contributed by atoms with van der Waals surface area (Å²) in [6.07, 6.45) is 2.67. The van der Waals surface area contributed by atoms with Crippen LogP contribution in [0.4, 0.5) is 4.39 Å². The van der Waals surface area contributed by atoms with Crippen LogP contribution in [0.2, 0.25) is 0 Å². The summed E-state index contributed by atoms with van der Waals surface area (Å²) in [7, 11) is 0. The first-order valence-electron chi connectivity index (χ1n) is 6.78. The molecule has 0 N–H and O–H groups in total. The Labute approximate surface area is 117 Å². The normalized spacial score (nSPS) is 18.4. The van der Waals surface area contributed by atoms with E-state index in [1.54, 1.807) is 29.4 Å². The Morgan fingerprint density at radius 3 is 2.90 bits per heavy atom. The van der Waals surface area contributed by atoms with Crippen molar-refractivity contribution < 1.29 is 13.6 Å². The van der Waals surface area contributed by atoms with E-state index in [0.717, 1.165) is 12.2 Å². The molecule has 4 heteroatoms. The summed E-state index contributed by atoms with van der Waals surface area (Å²) in [4.78, 5) is 14.0. The molecule has 1 aromatic carbocycles. The van der Waals surface area contributed by atoms with Crippen molar-refractivity contribution in [3.8, 4) is 0 Å². The lowest BCUT2D eigenvalue weighted by molar-refractivity contribution is -0.129. The maximum atomic E-state index is 13.6. The molecule has 1 amide bonds. The third-order valence-corrected chi connectivity index (χ3v) is 3.79. The van der Waals surface area contributed by atoms with E-state index in [-0.39, 0.29) is 24.1 Å². The fourth-order valence-corrected chi connectivity index (χ4v) is 2.66. The summed E-state index contributed by atoms with van der Waals surface area (Å²) in [5.41, 5.74) is 0.457. The van der Waals surface area contributed by atoms with E-state index in [0.29, 0.717) is 18.7 Å². The molecule has 0 saturated carbocycles. The van der Waals surface area contributed by atoms with Crippen LogP contribution in [0.1, 0.15) is 23.7 Å². The van der Waals surface area contributed by atoms with Gasteiger partial charge in [-0.25, -0.2) is 4.39 Å². The summed E-state index contributed by atoms with van der Waals surface area (Å²) in [5.74, 6) is 0.840. The lowest BCUT2D eigenvalue weighted by atomic mass is 10.1. The van der Waals surface area contributed by atoms with Gasteiger partial charge in [-0.2, -0.15) is 0 Å². The number of furan rings is 1. The summed E-state index contributed by atoms with van der Waals surface area (Å²) < 4.78 is 18.9. The van der Waals surface area contributed by atoms with Crippen LogP contribution in [0.25, 0.3) is 0 Å². The Bertz CT molecular complexity index is 594. The number of rotatable bonds is 3. The molecule has 1 fully saturated rings. The van der Waals surface area contributed by atoms with Gasteiger partial charge in [-0.15, -0.1) is 0 Å². The summed E-state index contributed by atoms with van der Waals surface area (Å²) in [6.45, 7) is 1.36. The molecule has 0 bridgehead atoms. The molecule has 2 heterocycles. The van der Waals surface area contributed by atoms with Gasteiger partial charge in [-0.3, -0.25) is 4.79 Å². The molecule has 1 aliphatic heterocycles. The van der Waals surface area contributed by atoms with Crippen LogP contribution in [-0.2, 0) is 11.2 Å². The molecular formula is C16H16FNO2. The zero-order valence-electron chi connectivity index (χ0n) is 11.1. The van der Waals surface area contributed by atoms with Crippen molar-refractivity contribution in [3.05, 3.63) is 59.8 Å². The molecule has 0 spiro atoms. The number of amides is 1. The van der Waals surface area contributed by atoms with Gasteiger partial charge in [0.25, 0.3) is 0 Å². The largest absolute Gasteiger partial charge is 0.469 e. The smallest absolute Gasteiger partial charge is 0.227 e. The maximum absolute atomic E-state index is 13.6. The van der Waals surface area contributed by atoms with Gasteiger partial charge in [0.15, 0.2) is 0 Å². The molecule has 104 valence electrons. The first-order valence-corrected chi connectivity index (χ1v) is 6.78. The highest BCUT2D eigenvalue weighted by atomic mass is 19.1. The van der Waals surface area contributed by atoms with Gasteiger partial charge in [0.2, 0.25) is 5.91 Å². The number of likely N-dealkylation sites (tertiary alicyclic amines) is 1. The highest BCUT2D eigenvalue weighted by Crippen LogP contribution is 2.27. The van der Waals surface area contributed by atoms with Crippen molar-refractivity contribution in [2.24, 2.45) is 0 Å². The van der Waals surface area contributed by atoms with Gasteiger partial charge in [0.05, 0.1) is 12.7 Å². The van der Waals surface area contributed by atoms with E-state index in [9.17, 15) is 9.18 Å². The Hall–Kier alpha value is -2.10. The monoisotopic (exact) mass is 273 g/mol. The van der Waals surface area contributed by atoms with E-state index in [1.165, 1.54) is 6.07 Å². The van der Waals surface area contributed by atoms with Gasteiger partial charge in [-0.1, -0.05) is 18.2 Å². The first-order chi connectivity index (χ1) is 9.74. The van der Waals surface area contributed by atoms with Crippen molar-refractivity contribution in [2.75, 3.05) is 13.1 Å². The number of carbonyl (C=O) groups excluding carboxylic acids is 1. The molecule has 1 saturated heterocycles. The highest BCUT2D eigenvalue weighted by molar-refractivity contribution is 5.79. The number of carbonyl (C=O) groups is 1. The number of benzene rings is 1. The minimum Gasteiger partial charge on any atom is -0.469 e. The highest BCUT2D eigenvalue weighted by Gasteiger charge is 2.29. The Morgan fingerprint density at radius 1 is 1.30 bits per heavy atom. The van der Waals surface area contributed by atoms with E-state index in [1.807, 2.05) is 12.1 Å². The SMILES string of the molecule is O=C(Cc1ccccc1F)N1CCC(c2ccco2)C1. The molecular weight excluding hydrogens is 257 g/mol. The third-order valence-electron chi connectivity index (χ3n) is 3.79. The van der Waals surface area contributed by atoms with Crippen molar-refractivity contribution in [1.82, 2.24) is 4.90 Å². The topological polar surface area (TPSA) is 33.5 Å². The van der Waals surface area contributed by atoms with Gasteiger partial charge in [-0.05, 0) is 30.2 Å². The van der Waals surface area contributed by atoms with Gasteiger partial charge in [0.1, 0.15) is 11.6 Å². The van der Waals surface area contributed by atoms with Gasteiger partial charge in [0, 0.05) is 19.0 Å². The minimum atomic E-state index is -0.317. The Balaban J connectivity index is 1.63. The second-order valence-electron chi connectivity index (χ2n) is 5.11. The van der Waals surface area contributed by atoms with Crippen LogP contribution in [0, 0.1) is 5.82 Å².